The van der Waals surface area contributed by atoms with Crippen LogP contribution in [0.15, 0.2) is 52.1 Å². The Kier molecular flexibility index (Phi) is 5.39. The topological polar surface area (TPSA) is 83.5 Å². The van der Waals surface area contributed by atoms with Crippen molar-refractivity contribution >= 4 is 22.8 Å². The van der Waals surface area contributed by atoms with E-state index in [1.54, 1.807) is 21.3 Å². The summed E-state index contributed by atoms with van der Waals surface area (Å²) in [5.74, 6) is 1.97. The molecule has 0 N–H and O–H groups in total. The molecular formula is C25H27N5O4. The van der Waals surface area contributed by atoms with Crippen LogP contribution in [0.4, 0.5) is 11.6 Å². The van der Waals surface area contributed by atoms with E-state index in [1.807, 2.05) is 58.9 Å². The summed E-state index contributed by atoms with van der Waals surface area (Å²) in [6.07, 6.45) is 0.804. The molecule has 0 aliphatic carbocycles. The third-order valence-electron chi connectivity index (χ3n) is 6.48. The molecule has 1 aliphatic rings. The Bertz CT molecular complexity index is 1510. The molecule has 0 saturated carbocycles. The lowest BCUT2D eigenvalue weighted by Gasteiger charge is -2.30. The number of ether oxygens (including phenoxy) is 2. The number of methoxy groups -OCH3 is 2. The van der Waals surface area contributed by atoms with Gasteiger partial charge in [-0.15, -0.1) is 0 Å². The van der Waals surface area contributed by atoms with E-state index in [9.17, 15) is 9.59 Å². The predicted molar refractivity (Wildman–Crippen MR) is 131 cm³/mol. The van der Waals surface area contributed by atoms with Gasteiger partial charge in [0.1, 0.15) is 11.5 Å². The van der Waals surface area contributed by atoms with Crippen molar-refractivity contribution in [3.8, 4) is 11.5 Å². The molecule has 9 heteroatoms. The number of aromatic nitrogens is 4. The van der Waals surface area contributed by atoms with Crippen molar-refractivity contribution in [3.05, 3.63) is 74.4 Å². The summed E-state index contributed by atoms with van der Waals surface area (Å²) < 4.78 is 15.7. The maximum absolute atomic E-state index is 13.6. The quantitative estimate of drug-likeness (QED) is 0.455. The highest BCUT2D eigenvalue weighted by Gasteiger charge is 2.28. The zero-order valence-electron chi connectivity index (χ0n) is 19.7. The number of benzene rings is 2. The van der Waals surface area contributed by atoms with E-state index >= 15 is 0 Å². The van der Waals surface area contributed by atoms with Crippen LogP contribution in [0.1, 0.15) is 17.5 Å². The highest BCUT2D eigenvalue weighted by molar-refractivity contribution is 5.78. The van der Waals surface area contributed by atoms with Crippen molar-refractivity contribution in [3.63, 3.8) is 0 Å². The lowest BCUT2D eigenvalue weighted by atomic mass is 10.1. The summed E-state index contributed by atoms with van der Waals surface area (Å²) in [4.78, 5) is 33.6. The number of hydrogen-bond acceptors (Lipinski definition) is 6. The third kappa shape index (κ3) is 3.35. The van der Waals surface area contributed by atoms with Crippen molar-refractivity contribution in [1.29, 1.82) is 0 Å². The summed E-state index contributed by atoms with van der Waals surface area (Å²) >= 11 is 0. The maximum Gasteiger partial charge on any atom is 0.332 e. The van der Waals surface area contributed by atoms with E-state index in [0.29, 0.717) is 41.7 Å². The molecule has 9 nitrogen and oxygen atoms in total. The summed E-state index contributed by atoms with van der Waals surface area (Å²) in [7, 11) is 4.89. The Morgan fingerprint density at radius 3 is 2.56 bits per heavy atom. The average molecular weight is 462 g/mol. The first-order valence-electron chi connectivity index (χ1n) is 11.2. The molecule has 0 spiro atoms. The lowest BCUT2D eigenvalue weighted by Crippen LogP contribution is -2.40. The van der Waals surface area contributed by atoms with Gasteiger partial charge in [-0.2, -0.15) is 4.98 Å². The molecule has 0 amide bonds. The molecule has 34 heavy (non-hydrogen) atoms. The molecule has 2 aromatic heterocycles. The van der Waals surface area contributed by atoms with E-state index in [4.69, 9.17) is 14.5 Å². The molecule has 3 heterocycles. The normalized spacial score (nSPS) is 13.2. The summed E-state index contributed by atoms with van der Waals surface area (Å²) in [5, 5.41) is 0. The second-order valence-electron chi connectivity index (χ2n) is 8.44. The minimum atomic E-state index is -0.387. The molecule has 2 aromatic carbocycles. The second kappa shape index (κ2) is 8.40. The van der Waals surface area contributed by atoms with Crippen LogP contribution in [-0.4, -0.2) is 39.4 Å². The van der Waals surface area contributed by atoms with Crippen molar-refractivity contribution in [2.45, 2.75) is 26.4 Å². The number of nitrogens with zero attached hydrogens (tertiary/aromatic N) is 5. The number of aryl methyl sites for hydroxylation is 3. The van der Waals surface area contributed by atoms with E-state index < -0.39 is 0 Å². The van der Waals surface area contributed by atoms with Crippen molar-refractivity contribution in [1.82, 2.24) is 18.7 Å². The molecule has 0 radical (unpaired) electrons. The summed E-state index contributed by atoms with van der Waals surface area (Å²) in [6.45, 7) is 3.51. The van der Waals surface area contributed by atoms with Crippen LogP contribution < -0.4 is 25.6 Å². The number of hydrogen-bond donors (Lipinski definition) is 0. The molecule has 0 fully saturated rings. The Morgan fingerprint density at radius 2 is 1.82 bits per heavy atom. The molecule has 0 bridgehead atoms. The van der Waals surface area contributed by atoms with Gasteiger partial charge in [0.2, 0.25) is 5.95 Å². The van der Waals surface area contributed by atoms with E-state index in [1.165, 1.54) is 9.13 Å². The fourth-order valence-electron chi connectivity index (χ4n) is 4.60. The summed E-state index contributed by atoms with van der Waals surface area (Å²) in [5.41, 5.74) is 2.84. The monoisotopic (exact) mass is 461 g/mol. The van der Waals surface area contributed by atoms with Gasteiger partial charge in [0.25, 0.3) is 5.56 Å². The SMILES string of the molecule is COc1ccc(OC)c(N2CCCn3c2nc2c3c(=O)n(Cc3ccccc3C)c(=O)n2C)c1. The van der Waals surface area contributed by atoms with Crippen molar-refractivity contribution in [2.24, 2.45) is 7.05 Å². The molecular weight excluding hydrogens is 434 g/mol. The predicted octanol–water partition coefficient (Wildman–Crippen LogP) is 2.81. The van der Waals surface area contributed by atoms with Gasteiger partial charge in [-0.1, -0.05) is 24.3 Å². The number of fused-ring (bicyclic) bond motifs is 3. The van der Waals surface area contributed by atoms with Crippen LogP contribution >= 0.6 is 0 Å². The van der Waals surface area contributed by atoms with E-state index in [2.05, 4.69) is 0 Å². The van der Waals surface area contributed by atoms with Gasteiger partial charge < -0.3 is 18.9 Å². The van der Waals surface area contributed by atoms with Gasteiger partial charge in [0.15, 0.2) is 11.2 Å². The second-order valence-corrected chi connectivity index (χ2v) is 8.44. The van der Waals surface area contributed by atoms with Crippen LogP contribution in [0.2, 0.25) is 0 Å². The average Bonchev–Trinajstić information content (AvgIpc) is 3.26. The minimum Gasteiger partial charge on any atom is -0.497 e. The standard InChI is InChI=1S/C25H27N5O4/c1-16-8-5-6-9-17(16)15-30-23(31)21-22(27(2)25(30)32)26-24-28(12-7-13-29(21)24)19-14-18(33-3)10-11-20(19)34-4/h5-6,8-11,14H,7,12-13,15H2,1-4H3. The van der Waals surface area contributed by atoms with E-state index in [0.717, 1.165) is 23.2 Å². The van der Waals surface area contributed by atoms with Gasteiger partial charge >= 0.3 is 5.69 Å². The Labute approximate surface area is 196 Å². The fraction of sp³-hybridized carbons (Fsp3) is 0.320. The van der Waals surface area contributed by atoms with Gasteiger partial charge in [-0.25, -0.2) is 4.79 Å². The van der Waals surface area contributed by atoms with Crippen LogP contribution in [-0.2, 0) is 20.1 Å². The van der Waals surface area contributed by atoms with Gasteiger partial charge in [0.05, 0.1) is 26.5 Å². The zero-order chi connectivity index (χ0) is 24.0. The highest BCUT2D eigenvalue weighted by Crippen LogP contribution is 2.38. The van der Waals surface area contributed by atoms with Crippen LogP contribution in [0.3, 0.4) is 0 Å². The molecule has 176 valence electrons. The molecule has 4 aromatic rings. The number of imidazole rings is 1. The van der Waals surface area contributed by atoms with Gasteiger partial charge in [-0.3, -0.25) is 13.9 Å². The van der Waals surface area contributed by atoms with Crippen LogP contribution in [0.5, 0.6) is 11.5 Å². The Balaban J connectivity index is 1.72. The maximum atomic E-state index is 13.6. The summed E-state index contributed by atoms with van der Waals surface area (Å²) in [6, 6.07) is 13.3. The van der Waals surface area contributed by atoms with Crippen molar-refractivity contribution < 1.29 is 9.47 Å². The molecule has 0 unspecified atom stereocenters. The molecule has 5 rings (SSSR count). The Hall–Kier alpha value is -4.01. The number of rotatable bonds is 5. The molecule has 0 atom stereocenters. The van der Waals surface area contributed by atoms with Crippen molar-refractivity contribution in [2.75, 3.05) is 25.7 Å². The minimum absolute atomic E-state index is 0.210. The van der Waals surface area contributed by atoms with Gasteiger partial charge in [-0.05, 0) is 36.6 Å². The van der Waals surface area contributed by atoms with E-state index in [-0.39, 0.29) is 17.8 Å². The van der Waals surface area contributed by atoms with Crippen LogP contribution in [0, 0.1) is 6.92 Å². The largest absolute Gasteiger partial charge is 0.497 e. The first-order valence-corrected chi connectivity index (χ1v) is 11.2. The lowest BCUT2D eigenvalue weighted by molar-refractivity contribution is 0.403. The smallest absolute Gasteiger partial charge is 0.332 e. The first kappa shape index (κ1) is 21.8. The highest BCUT2D eigenvalue weighted by atomic mass is 16.5. The molecule has 1 aliphatic heterocycles. The number of anilines is 2. The first-order chi connectivity index (χ1) is 16.4. The van der Waals surface area contributed by atoms with Crippen LogP contribution in [0.25, 0.3) is 11.2 Å². The Morgan fingerprint density at radius 1 is 1.03 bits per heavy atom. The fourth-order valence-corrected chi connectivity index (χ4v) is 4.60. The zero-order valence-corrected chi connectivity index (χ0v) is 19.7. The van der Waals surface area contributed by atoms with Gasteiger partial charge in [0, 0.05) is 26.2 Å². The third-order valence-corrected chi connectivity index (χ3v) is 6.48. The molecule has 0 saturated heterocycles.